The van der Waals surface area contributed by atoms with Crippen LogP contribution in [0.4, 0.5) is 5.69 Å². The van der Waals surface area contributed by atoms with Gasteiger partial charge in [0, 0.05) is 38.4 Å². The molecule has 0 saturated carbocycles. The van der Waals surface area contributed by atoms with Gasteiger partial charge in [-0.3, -0.25) is 4.72 Å². The summed E-state index contributed by atoms with van der Waals surface area (Å²) in [5.41, 5.74) is 1.92. The first-order valence-electron chi connectivity index (χ1n) is 6.69. The highest BCUT2D eigenvalue weighted by Gasteiger charge is 2.31. The van der Waals surface area contributed by atoms with E-state index in [0.29, 0.717) is 46.2 Å². The molecule has 0 atom stereocenters. The number of halogens is 2. The maximum Gasteiger partial charge on any atom is 0.302 e. The normalized spacial score (nSPS) is 17.4. The summed E-state index contributed by atoms with van der Waals surface area (Å²) in [5, 5.41) is 1.58. The van der Waals surface area contributed by atoms with Gasteiger partial charge in [0.2, 0.25) is 0 Å². The maximum atomic E-state index is 12.4. The number of rotatable bonds is 4. The van der Waals surface area contributed by atoms with Gasteiger partial charge in [-0.05, 0) is 18.1 Å². The molecule has 2 heterocycles. The Kier molecular flexibility index (Phi) is 4.26. The minimum Gasteiger partial charge on any atom is -0.385 e. The third-order valence-corrected chi connectivity index (χ3v) is 5.67. The molecule has 22 heavy (non-hydrogen) atoms. The minimum absolute atomic E-state index is 0.265. The molecule has 0 unspecified atom stereocenters. The molecule has 0 saturated heterocycles. The summed E-state index contributed by atoms with van der Waals surface area (Å²) in [7, 11) is -2.00. The van der Waals surface area contributed by atoms with Crippen LogP contribution in [0.5, 0.6) is 0 Å². The van der Waals surface area contributed by atoms with E-state index < -0.39 is 10.2 Å². The Balaban J connectivity index is 2.03. The van der Waals surface area contributed by atoms with E-state index in [9.17, 15) is 8.42 Å². The Bertz CT molecular complexity index is 820. The summed E-state index contributed by atoms with van der Waals surface area (Å²) in [6, 6.07) is 1.75. The number of aromatic nitrogens is 1. The molecule has 9 heteroatoms. The number of hydrogen-bond donors (Lipinski definition) is 2. The van der Waals surface area contributed by atoms with E-state index in [1.54, 1.807) is 19.4 Å². The van der Waals surface area contributed by atoms with E-state index in [0.717, 1.165) is 5.56 Å². The first kappa shape index (κ1) is 15.9. The number of anilines is 1. The molecule has 0 fully saturated rings. The van der Waals surface area contributed by atoms with Crippen molar-refractivity contribution in [2.75, 3.05) is 25.0 Å². The lowest BCUT2D eigenvalue weighted by molar-refractivity contribution is 0.186. The molecule has 0 amide bonds. The second-order valence-corrected chi connectivity index (χ2v) is 7.55. The molecule has 3 rings (SSSR count). The van der Waals surface area contributed by atoms with Crippen molar-refractivity contribution in [1.82, 2.24) is 9.29 Å². The number of aromatic amines is 1. The molecule has 0 radical (unpaired) electrons. The number of hydrogen-bond acceptors (Lipinski definition) is 3. The molecular formula is C13H15Cl2N3O3S. The first-order valence-corrected chi connectivity index (χ1v) is 8.88. The zero-order valence-corrected chi connectivity index (χ0v) is 14.1. The van der Waals surface area contributed by atoms with Gasteiger partial charge in [0.05, 0.1) is 21.2 Å². The number of nitrogens with zero attached hydrogens (tertiary/aromatic N) is 1. The fourth-order valence-electron chi connectivity index (χ4n) is 2.58. The SMILES string of the molecule is COCCCN1Cc2cc(Cl)c3c(Cl)c[nH]c3c2NS1(=O)=O. The lowest BCUT2D eigenvalue weighted by atomic mass is 10.1. The quantitative estimate of drug-likeness (QED) is 0.819. The highest BCUT2D eigenvalue weighted by molar-refractivity contribution is 7.90. The number of H-pyrrole nitrogens is 1. The second-order valence-electron chi connectivity index (χ2n) is 5.07. The van der Waals surface area contributed by atoms with Crippen molar-refractivity contribution in [3.8, 4) is 0 Å². The smallest absolute Gasteiger partial charge is 0.302 e. The van der Waals surface area contributed by atoms with E-state index in [1.165, 1.54) is 4.31 Å². The van der Waals surface area contributed by atoms with E-state index >= 15 is 0 Å². The summed E-state index contributed by atoms with van der Waals surface area (Å²) >= 11 is 12.4. The summed E-state index contributed by atoms with van der Waals surface area (Å²) in [6.45, 7) is 1.15. The molecule has 1 aromatic heterocycles. The van der Waals surface area contributed by atoms with Crippen LogP contribution in [-0.2, 0) is 21.5 Å². The summed E-state index contributed by atoms with van der Waals surface area (Å²) in [6.07, 6.45) is 2.22. The van der Waals surface area contributed by atoms with Gasteiger partial charge in [-0.1, -0.05) is 23.2 Å². The zero-order valence-electron chi connectivity index (χ0n) is 11.8. The van der Waals surface area contributed by atoms with Crippen LogP contribution < -0.4 is 4.72 Å². The minimum atomic E-state index is -3.59. The second kappa shape index (κ2) is 5.90. The molecule has 0 bridgehead atoms. The van der Waals surface area contributed by atoms with Crippen LogP contribution in [0.1, 0.15) is 12.0 Å². The molecule has 2 aromatic rings. The van der Waals surface area contributed by atoms with E-state index in [2.05, 4.69) is 9.71 Å². The largest absolute Gasteiger partial charge is 0.385 e. The fourth-order valence-corrected chi connectivity index (χ4v) is 4.51. The van der Waals surface area contributed by atoms with E-state index in [-0.39, 0.29) is 6.54 Å². The lowest BCUT2D eigenvalue weighted by Crippen LogP contribution is -2.40. The molecule has 120 valence electrons. The predicted molar refractivity (Wildman–Crippen MR) is 87.8 cm³/mol. The lowest BCUT2D eigenvalue weighted by Gasteiger charge is -2.29. The van der Waals surface area contributed by atoms with Crippen molar-refractivity contribution in [2.45, 2.75) is 13.0 Å². The van der Waals surface area contributed by atoms with E-state index in [4.69, 9.17) is 27.9 Å². The van der Waals surface area contributed by atoms with Crippen LogP contribution in [0.2, 0.25) is 10.0 Å². The average molecular weight is 364 g/mol. The average Bonchev–Trinajstić information content (AvgIpc) is 2.84. The maximum absolute atomic E-state index is 12.4. The van der Waals surface area contributed by atoms with Gasteiger partial charge in [0.1, 0.15) is 0 Å². The number of fused-ring (bicyclic) bond motifs is 3. The van der Waals surface area contributed by atoms with Crippen molar-refractivity contribution >= 4 is 50.0 Å². The number of nitrogens with one attached hydrogen (secondary N) is 2. The van der Waals surface area contributed by atoms with Crippen LogP contribution in [0, 0.1) is 0 Å². The molecule has 2 N–H and O–H groups in total. The predicted octanol–water partition coefficient (Wildman–Crippen LogP) is 2.98. The van der Waals surface area contributed by atoms with Crippen molar-refractivity contribution in [3.05, 3.63) is 27.9 Å². The van der Waals surface area contributed by atoms with Gasteiger partial charge in [-0.15, -0.1) is 0 Å². The van der Waals surface area contributed by atoms with Crippen molar-refractivity contribution in [3.63, 3.8) is 0 Å². The molecule has 1 aromatic carbocycles. The van der Waals surface area contributed by atoms with Gasteiger partial charge in [0.25, 0.3) is 0 Å². The van der Waals surface area contributed by atoms with Crippen molar-refractivity contribution in [1.29, 1.82) is 0 Å². The molecule has 0 spiro atoms. The standard InChI is InChI=1S/C13H15Cl2N3O3S/c1-21-4-2-3-18-7-8-5-9(14)11-10(15)6-16-13(11)12(8)17-22(18,19)20/h5-6,16-17H,2-4,7H2,1H3. The van der Waals surface area contributed by atoms with Gasteiger partial charge in [0.15, 0.2) is 0 Å². The highest BCUT2D eigenvalue weighted by Crippen LogP contribution is 2.40. The molecule has 6 nitrogen and oxygen atoms in total. The molecular weight excluding hydrogens is 349 g/mol. The highest BCUT2D eigenvalue weighted by atomic mass is 35.5. The van der Waals surface area contributed by atoms with Gasteiger partial charge in [-0.2, -0.15) is 12.7 Å². The van der Waals surface area contributed by atoms with Crippen LogP contribution >= 0.6 is 23.2 Å². The molecule has 1 aliphatic rings. The molecule has 1 aliphatic heterocycles. The summed E-state index contributed by atoms with van der Waals surface area (Å²) < 4.78 is 33.7. The molecule has 0 aliphatic carbocycles. The van der Waals surface area contributed by atoms with Gasteiger partial charge in [-0.25, -0.2) is 0 Å². The third kappa shape index (κ3) is 2.68. The number of benzene rings is 1. The van der Waals surface area contributed by atoms with Crippen LogP contribution in [0.3, 0.4) is 0 Å². The third-order valence-electron chi connectivity index (χ3n) is 3.62. The van der Waals surface area contributed by atoms with E-state index in [1.807, 2.05) is 0 Å². The Morgan fingerprint density at radius 1 is 1.36 bits per heavy atom. The Labute approximate surface area is 138 Å². The number of ether oxygens (including phenoxy) is 1. The summed E-state index contributed by atoms with van der Waals surface area (Å²) in [5.74, 6) is 0. The Morgan fingerprint density at radius 2 is 2.14 bits per heavy atom. The monoisotopic (exact) mass is 363 g/mol. The van der Waals surface area contributed by atoms with Crippen molar-refractivity contribution in [2.24, 2.45) is 0 Å². The van der Waals surface area contributed by atoms with Gasteiger partial charge < -0.3 is 9.72 Å². The Morgan fingerprint density at radius 3 is 2.86 bits per heavy atom. The van der Waals surface area contributed by atoms with Crippen LogP contribution in [0.25, 0.3) is 10.9 Å². The van der Waals surface area contributed by atoms with Crippen LogP contribution in [0.15, 0.2) is 12.3 Å². The summed E-state index contributed by atoms with van der Waals surface area (Å²) in [4.78, 5) is 2.98. The van der Waals surface area contributed by atoms with Gasteiger partial charge >= 0.3 is 10.2 Å². The Hall–Kier alpha value is -0.990. The zero-order chi connectivity index (χ0) is 15.9. The van der Waals surface area contributed by atoms with Crippen LogP contribution in [-0.4, -0.2) is 38.0 Å². The first-order chi connectivity index (χ1) is 10.4. The van der Waals surface area contributed by atoms with Crippen molar-refractivity contribution < 1.29 is 13.2 Å². The fraction of sp³-hybridized carbons (Fsp3) is 0.385. The topological polar surface area (TPSA) is 74.4 Å². The number of methoxy groups -OCH3 is 1.